The number of hydrogen-bond acceptors (Lipinski definition) is 3. The molecule has 2 aromatic carbocycles. The third-order valence-corrected chi connectivity index (χ3v) is 5.84. The standard InChI is InChI=1S/C20H16N2O2S/c23-25(24,19-7-2-1-3-8-19)22-13-11-17-10-9-16(15-20(17)22)14-18-6-4-5-12-21-18/h1-13,15H,14H2. The highest BCUT2D eigenvalue weighted by Crippen LogP contribution is 2.24. The summed E-state index contributed by atoms with van der Waals surface area (Å²) in [5, 5.41) is 0.893. The van der Waals surface area contributed by atoms with Crippen molar-refractivity contribution in [2.24, 2.45) is 0 Å². The Morgan fingerprint density at radius 2 is 1.68 bits per heavy atom. The summed E-state index contributed by atoms with van der Waals surface area (Å²) in [7, 11) is -3.61. The predicted molar refractivity (Wildman–Crippen MR) is 98.0 cm³/mol. The summed E-state index contributed by atoms with van der Waals surface area (Å²) in [6.07, 6.45) is 4.03. The van der Waals surface area contributed by atoms with Crippen LogP contribution in [0, 0.1) is 0 Å². The molecule has 0 spiro atoms. The van der Waals surface area contributed by atoms with Crippen LogP contribution in [0.15, 0.2) is 90.1 Å². The molecule has 2 heterocycles. The number of benzene rings is 2. The van der Waals surface area contributed by atoms with Gasteiger partial charge in [-0.1, -0.05) is 36.4 Å². The lowest BCUT2D eigenvalue weighted by atomic mass is 10.1. The van der Waals surface area contributed by atoms with Gasteiger partial charge in [-0.15, -0.1) is 0 Å². The molecule has 0 amide bonds. The van der Waals surface area contributed by atoms with Gasteiger partial charge in [0.05, 0.1) is 10.4 Å². The smallest absolute Gasteiger partial charge is 0.261 e. The molecule has 2 aromatic heterocycles. The van der Waals surface area contributed by atoms with E-state index in [9.17, 15) is 8.42 Å². The highest BCUT2D eigenvalue weighted by molar-refractivity contribution is 7.90. The number of pyridine rings is 1. The topological polar surface area (TPSA) is 52.0 Å². The molecule has 4 nitrogen and oxygen atoms in total. The molecule has 0 saturated heterocycles. The Balaban J connectivity index is 1.79. The summed E-state index contributed by atoms with van der Waals surface area (Å²) >= 11 is 0. The number of fused-ring (bicyclic) bond motifs is 1. The Kier molecular flexibility index (Phi) is 3.86. The second kappa shape index (κ2) is 6.18. The molecule has 0 atom stereocenters. The average molecular weight is 348 g/mol. The van der Waals surface area contributed by atoms with Crippen molar-refractivity contribution in [3.05, 3.63) is 96.4 Å². The Morgan fingerprint density at radius 3 is 2.44 bits per heavy atom. The van der Waals surface area contributed by atoms with E-state index in [0.717, 1.165) is 16.6 Å². The summed E-state index contributed by atoms with van der Waals surface area (Å²) in [6.45, 7) is 0. The summed E-state index contributed by atoms with van der Waals surface area (Å²) in [4.78, 5) is 4.62. The molecule has 5 heteroatoms. The zero-order valence-electron chi connectivity index (χ0n) is 13.4. The second-order valence-corrected chi connectivity index (χ2v) is 7.64. The van der Waals surface area contributed by atoms with Gasteiger partial charge in [-0.25, -0.2) is 12.4 Å². The number of nitrogens with zero attached hydrogens (tertiary/aromatic N) is 2. The third-order valence-electron chi connectivity index (χ3n) is 4.13. The molecule has 0 bridgehead atoms. The van der Waals surface area contributed by atoms with Crippen LogP contribution < -0.4 is 0 Å². The van der Waals surface area contributed by atoms with Crippen molar-refractivity contribution in [2.75, 3.05) is 0 Å². The Labute approximate surface area is 146 Å². The van der Waals surface area contributed by atoms with E-state index in [1.54, 1.807) is 42.7 Å². The molecule has 25 heavy (non-hydrogen) atoms. The second-order valence-electron chi connectivity index (χ2n) is 5.82. The Bertz CT molecular complexity index is 1120. The quantitative estimate of drug-likeness (QED) is 0.563. The first kappa shape index (κ1) is 15.6. The lowest BCUT2D eigenvalue weighted by Gasteiger charge is -2.08. The maximum atomic E-state index is 12.9. The third kappa shape index (κ3) is 2.94. The monoisotopic (exact) mass is 348 g/mol. The molecule has 124 valence electrons. The fourth-order valence-electron chi connectivity index (χ4n) is 2.89. The summed E-state index contributed by atoms with van der Waals surface area (Å²) in [6, 6.07) is 22.0. The van der Waals surface area contributed by atoms with E-state index in [0.29, 0.717) is 11.9 Å². The number of rotatable bonds is 4. The normalized spacial score (nSPS) is 11.7. The van der Waals surface area contributed by atoms with Gasteiger partial charge in [0.25, 0.3) is 10.0 Å². The molecule has 0 N–H and O–H groups in total. The van der Waals surface area contributed by atoms with Crippen LogP contribution >= 0.6 is 0 Å². The van der Waals surface area contributed by atoms with Crippen LogP contribution in [0.5, 0.6) is 0 Å². The van der Waals surface area contributed by atoms with E-state index in [-0.39, 0.29) is 4.90 Å². The lowest BCUT2D eigenvalue weighted by molar-refractivity contribution is 0.589. The molecular formula is C20H16N2O2S. The van der Waals surface area contributed by atoms with Crippen LogP contribution in [-0.4, -0.2) is 17.4 Å². The van der Waals surface area contributed by atoms with E-state index >= 15 is 0 Å². The molecule has 4 rings (SSSR count). The van der Waals surface area contributed by atoms with E-state index < -0.39 is 10.0 Å². The van der Waals surface area contributed by atoms with Gasteiger partial charge in [0.15, 0.2) is 0 Å². The van der Waals surface area contributed by atoms with Crippen molar-refractivity contribution in [3.63, 3.8) is 0 Å². The molecule has 0 aliphatic rings. The van der Waals surface area contributed by atoms with Gasteiger partial charge in [0, 0.05) is 29.9 Å². The van der Waals surface area contributed by atoms with Crippen molar-refractivity contribution in [1.29, 1.82) is 0 Å². The molecule has 0 fully saturated rings. The fraction of sp³-hybridized carbons (Fsp3) is 0.0500. The van der Waals surface area contributed by atoms with Crippen LogP contribution in [-0.2, 0) is 16.4 Å². The predicted octanol–water partition coefficient (Wildman–Crippen LogP) is 3.86. The molecule has 0 saturated carbocycles. The van der Waals surface area contributed by atoms with Gasteiger partial charge in [-0.3, -0.25) is 4.98 Å². The maximum Gasteiger partial charge on any atom is 0.268 e. The largest absolute Gasteiger partial charge is 0.268 e. The maximum absolute atomic E-state index is 12.9. The van der Waals surface area contributed by atoms with Crippen LogP contribution in [0.3, 0.4) is 0 Å². The van der Waals surface area contributed by atoms with Crippen molar-refractivity contribution in [1.82, 2.24) is 8.96 Å². The summed E-state index contributed by atoms with van der Waals surface area (Å²) < 4.78 is 27.2. The molecular weight excluding hydrogens is 332 g/mol. The number of hydrogen-bond donors (Lipinski definition) is 0. The molecule has 0 aliphatic heterocycles. The first-order chi connectivity index (χ1) is 12.1. The minimum Gasteiger partial charge on any atom is -0.261 e. The molecule has 0 unspecified atom stereocenters. The first-order valence-corrected chi connectivity index (χ1v) is 9.39. The minimum absolute atomic E-state index is 0.280. The average Bonchev–Trinajstić information content (AvgIpc) is 3.07. The SMILES string of the molecule is O=S(=O)(c1ccccc1)n1ccc2ccc(Cc3ccccn3)cc21. The summed E-state index contributed by atoms with van der Waals surface area (Å²) in [5.41, 5.74) is 2.65. The van der Waals surface area contributed by atoms with Gasteiger partial charge in [0.2, 0.25) is 0 Å². The van der Waals surface area contributed by atoms with Crippen molar-refractivity contribution in [2.45, 2.75) is 11.3 Å². The van der Waals surface area contributed by atoms with Crippen LogP contribution in [0.4, 0.5) is 0 Å². The summed E-state index contributed by atoms with van der Waals surface area (Å²) in [5.74, 6) is 0. The van der Waals surface area contributed by atoms with E-state index in [4.69, 9.17) is 0 Å². The lowest BCUT2D eigenvalue weighted by Crippen LogP contribution is -2.11. The minimum atomic E-state index is -3.61. The van der Waals surface area contributed by atoms with Gasteiger partial charge < -0.3 is 0 Å². The highest BCUT2D eigenvalue weighted by atomic mass is 32.2. The number of aromatic nitrogens is 2. The highest BCUT2D eigenvalue weighted by Gasteiger charge is 2.18. The van der Waals surface area contributed by atoms with Gasteiger partial charge >= 0.3 is 0 Å². The Hall–Kier alpha value is -2.92. The van der Waals surface area contributed by atoms with Gasteiger partial charge in [-0.05, 0) is 42.0 Å². The molecule has 4 aromatic rings. The Morgan fingerprint density at radius 1 is 0.880 bits per heavy atom. The van der Waals surface area contributed by atoms with E-state index in [1.165, 1.54) is 3.97 Å². The van der Waals surface area contributed by atoms with E-state index in [1.807, 2.05) is 42.5 Å². The van der Waals surface area contributed by atoms with Crippen molar-refractivity contribution >= 4 is 20.9 Å². The van der Waals surface area contributed by atoms with Gasteiger partial charge in [-0.2, -0.15) is 0 Å². The van der Waals surface area contributed by atoms with Crippen LogP contribution in [0.25, 0.3) is 10.9 Å². The van der Waals surface area contributed by atoms with Gasteiger partial charge in [0.1, 0.15) is 0 Å². The van der Waals surface area contributed by atoms with Crippen LogP contribution in [0.2, 0.25) is 0 Å². The first-order valence-electron chi connectivity index (χ1n) is 7.95. The van der Waals surface area contributed by atoms with Crippen molar-refractivity contribution in [3.8, 4) is 0 Å². The zero-order chi connectivity index (χ0) is 17.3. The molecule has 0 aliphatic carbocycles. The van der Waals surface area contributed by atoms with Crippen molar-refractivity contribution < 1.29 is 8.42 Å². The van der Waals surface area contributed by atoms with Crippen LogP contribution in [0.1, 0.15) is 11.3 Å². The fourth-order valence-corrected chi connectivity index (χ4v) is 4.25. The molecule has 0 radical (unpaired) electrons. The zero-order valence-corrected chi connectivity index (χ0v) is 14.2. The van der Waals surface area contributed by atoms with E-state index in [2.05, 4.69) is 4.98 Å².